The number of alkyl halides is 2. The number of halogens is 4. The molecule has 1 aromatic rings. The maximum absolute atomic E-state index is 13.0. The molecule has 0 aliphatic heterocycles. The lowest BCUT2D eigenvalue weighted by Crippen LogP contribution is -2.35. The van der Waals surface area contributed by atoms with Gasteiger partial charge in [-0.25, -0.2) is 8.78 Å². The van der Waals surface area contributed by atoms with Crippen LogP contribution in [0.15, 0.2) is 14.3 Å². The number of thiophene rings is 1. The lowest BCUT2D eigenvalue weighted by atomic mass is 10.1. The summed E-state index contributed by atoms with van der Waals surface area (Å²) in [5.74, 6) is -3.29. The van der Waals surface area contributed by atoms with Gasteiger partial charge < -0.3 is 10.8 Å². The molecule has 0 amide bonds. The molecule has 0 unspecified atom stereocenters. The van der Waals surface area contributed by atoms with Crippen LogP contribution < -0.4 is 5.73 Å². The summed E-state index contributed by atoms with van der Waals surface area (Å²) >= 11 is 7.47. The third-order valence-electron chi connectivity index (χ3n) is 1.64. The quantitative estimate of drug-likeness (QED) is 0.880. The summed E-state index contributed by atoms with van der Waals surface area (Å²) in [6.07, 6.45) is 0. The van der Waals surface area contributed by atoms with Crippen LogP contribution in [-0.2, 0) is 0 Å². The molecule has 1 atom stereocenters. The molecule has 1 heterocycles. The van der Waals surface area contributed by atoms with Gasteiger partial charge in [-0.3, -0.25) is 0 Å². The zero-order valence-corrected chi connectivity index (χ0v) is 10.8. The fourth-order valence-corrected chi connectivity index (χ4v) is 2.98. The Hall–Kier alpha value is 0.440. The Morgan fingerprint density at radius 1 is 1.57 bits per heavy atom. The van der Waals surface area contributed by atoms with Gasteiger partial charge in [-0.05, 0) is 37.9 Å². The molecule has 0 saturated heterocycles. The SMILES string of the molecule is N[C@H](c1cc(Br)c(Br)s1)C(F)(F)CO. The zero-order valence-electron chi connectivity index (χ0n) is 6.81. The second-order valence-corrected chi connectivity index (χ2v) is 5.92. The molecule has 80 valence electrons. The molecule has 3 N–H and O–H groups in total. The largest absolute Gasteiger partial charge is 0.390 e. The summed E-state index contributed by atoms with van der Waals surface area (Å²) in [7, 11) is 0. The number of hydrogen-bond donors (Lipinski definition) is 2. The number of nitrogens with two attached hydrogens (primary N) is 1. The van der Waals surface area contributed by atoms with E-state index in [4.69, 9.17) is 10.8 Å². The van der Waals surface area contributed by atoms with E-state index in [0.717, 1.165) is 11.3 Å². The van der Waals surface area contributed by atoms with Crippen molar-refractivity contribution in [1.82, 2.24) is 0 Å². The Kier molecular flexibility index (Phi) is 4.04. The second-order valence-electron chi connectivity index (χ2n) is 2.67. The van der Waals surface area contributed by atoms with Crippen molar-refractivity contribution < 1.29 is 13.9 Å². The van der Waals surface area contributed by atoms with Crippen molar-refractivity contribution in [3.63, 3.8) is 0 Å². The highest BCUT2D eigenvalue weighted by Gasteiger charge is 2.38. The standard InChI is InChI=1S/C7H7Br2F2NOS/c8-3-1-4(14-6(3)9)5(12)7(10,11)2-13/h1,5,13H,2,12H2/t5-/m1/s1. The summed E-state index contributed by atoms with van der Waals surface area (Å²) in [6, 6.07) is 0.0447. The topological polar surface area (TPSA) is 46.2 Å². The fraction of sp³-hybridized carbons (Fsp3) is 0.429. The van der Waals surface area contributed by atoms with E-state index < -0.39 is 18.6 Å². The summed E-state index contributed by atoms with van der Waals surface area (Å²) < 4.78 is 27.3. The maximum Gasteiger partial charge on any atom is 0.290 e. The summed E-state index contributed by atoms with van der Waals surface area (Å²) in [5.41, 5.74) is 5.32. The first kappa shape index (κ1) is 12.5. The molecule has 0 aliphatic rings. The van der Waals surface area contributed by atoms with E-state index in [1.54, 1.807) is 0 Å². The zero-order chi connectivity index (χ0) is 10.9. The number of aliphatic hydroxyl groups is 1. The predicted octanol–water partition coefficient (Wildman–Crippen LogP) is 2.90. The lowest BCUT2D eigenvalue weighted by Gasteiger charge is -2.19. The molecule has 0 saturated carbocycles. The Morgan fingerprint density at radius 3 is 2.50 bits per heavy atom. The molecule has 0 spiro atoms. The average molecular weight is 351 g/mol. The number of hydrogen-bond acceptors (Lipinski definition) is 3. The molecule has 7 heteroatoms. The van der Waals surface area contributed by atoms with Gasteiger partial charge in [0.05, 0.1) is 3.79 Å². The third-order valence-corrected chi connectivity index (χ3v) is 4.98. The highest BCUT2D eigenvalue weighted by atomic mass is 79.9. The van der Waals surface area contributed by atoms with Gasteiger partial charge in [0, 0.05) is 9.35 Å². The van der Waals surface area contributed by atoms with Crippen LogP contribution in [0.5, 0.6) is 0 Å². The van der Waals surface area contributed by atoms with Gasteiger partial charge in [-0.2, -0.15) is 0 Å². The number of rotatable bonds is 3. The second kappa shape index (κ2) is 4.52. The van der Waals surface area contributed by atoms with Gasteiger partial charge in [0.25, 0.3) is 5.92 Å². The number of aliphatic hydroxyl groups excluding tert-OH is 1. The van der Waals surface area contributed by atoms with Gasteiger partial charge in [0.2, 0.25) is 0 Å². The Bertz CT molecular complexity index is 312. The van der Waals surface area contributed by atoms with Gasteiger partial charge in [-0.1, -0.05) is 0 Å². The van der Waals surface area contributed by atoms with Gasteiger partial charge in [0.1, 0.15) is 12.6 Å². The highest BCUT2D eigenvalue weighted by Crippen LogP contribution is 2.39. The normalized spacial score (nSPS) is 14.4. The molecule has 14 heavy (non-hydrogen) atoms. The van der Waals surface area contributed by atoms with Crippen molar-refractivity contribution in [1.29, 1.82) is 0 Å². The molecular formula is C7H7Br2F2NOS. The first-order chi connectivity index (χ1) is 6.38. The maximum atomic E-state index is 13.0. The van der Waals surface area contributed by atoms with Crippen molar-refractivity contribution in [2.75, 3.05) is 6.61 Å². The molecule has 2 nitrogen and oxygen atoms in total. The van der Waals surface area contributed by atoms with E-state index in [0.29, 0.717) is 13.1 Å². The van der Waals surface area contributed by atoms with Crippen molar-refractivity contribution >= 4 is 43.2 Å². The molecular weight excluding hydrogens is 344 g/mol. The summed E-state index contributed by atoms with van der Waals surface area (Å²) in [5, 5.41) is 8.45. The molecule has 0 fully saturated rings. The van der Waals surface area contributed by atoms with Crippen molar-refractivity contribution in [3.8, 4) is 0 Å². The van der Waals surface area contributed by atoms with Crippen LogP contribution in [0.2, 0.25) is 0 Å². The van der Waals surface area contributed by atoms with Crippen molar-refractivity contribution in [3.05, 3.63) is 19.2 Å². The van der Waals surface area contributed by atoms with E-state index in [2.05, 4.69) is 31.9 Å². The Balaban J connectivity index is 2.94. The van der Waals surface area contributed by atoms with Crippen LogP contribution in [0, 0.1) is 0 Å². The van der Waals surface area contributed by atoms with Crippen LogP contribution in [0.1, 0.15) is 10.9 Å². The van der Waals surface area contributed by atoms with Crippen LogP contribution in [0.3, 0.4) is 0 Å². The van der Waals surface area contributed by atoms with E-state index in [1.165, 1.54) is 6.07 Å². The minimum absolute atomic E-state index is 0.322. The Morgan fingerprint density at radius 2 is 2.14 bits per heavy atom. The molecule has 0 radical (unpaired) electrons. The monoisotopic (exact) mass is 349 g/mol. The van der Waals surface area contributed by atoms with Gasteiger partial charge in [-0.15, -0.1) is 11.3 Å². The summed E-state index contributed by atoms with van der Waals surface area (Å²) in [6.45, 7) is -1.25. The minimum atomic E-state index is -3.29. The molecule has 0 aliphatic carbocycles. The van der Waals surface area contributed by atoms with Crippen LogP contribution in [-0.4, -0.2) is 17.6 Å². The lowest BCUT2D eigenvalue weighted by molar-refractivity contribution is -0.0703. The predicted molar refractivity (Wildman–Crippen MR) is 58.7 cm³/mol. The van der Waals surface area contributed by atoms with Crippen molar-refractivity contribution in [2.45, 2.75) is 12.0 Å². The Labute approximate surface area is 100 Å². The average Bonchev–Trinajstić information content (AvgIpc) is 2.45. The fourth-order valence-electron chi connectivity index (χ4n) is 0.823. The van der Waals surface area contributed by atoms with E-state index in [-0.39, 0.29) is 0 Å². The summed E-state index contributed by atoms with van der Waals surface area (Å²) in [4.78, 5) is 0.322. The van der Waals surface area contributed by atoms with E-state index >= 15 is 0 Å². The highest BCUT2D eigenvalue weighted by molar-refractivity contribution is 9.13. The van der Waals surface area contributed by atoms with Crippen molar-refractivity contribution in [2.24, 2.45) is 5.73 Å². The van der Waals surface area contributed by atoms with Crippen LogP contribution in [0.4, 0.5) is 8.78 Å². The first-order valence-electron chi connectivity index (χ1n) is 3.57. The molecule has 1 rings (SSSR count). The minimum Gasteiger partial charge on any atom is -0.390 e. The van der Waals surface area contributed by atoms with Gasteiger partial charge in [0.15, 0.2) is 0 Å². The van der Waals surface area contributed by atoms with Crippen LogP contribution >= 0.6 is 43.2 Å². The van der Waals surface area contributed by atoms with Gasteiger partial charge >= 0.3 is 0 Å². The van der Waals surface area contributed by atoms with E-state index in [9.17, 15) is 8.78 Å². The molecule has 0 aromatic carbocycles. The molecule has 0 bridgehead atoms. The first-order valence-corrected chi connectivity index (χ1v) is 5.97. The van der Waals surface area contributed by atoms with E-state index in [1.807, 2.05) is 0 Å². The molecule has 1 aromatic heterocycles. The smallest absolute Gasteiger partial charge is 0.290 e. The van der Waals surface area contributed by atoms with Crippen LogP contribution in [0.25, 0.3) is 0 Å². The third kappa shape index (κ3) is 2.52.